The molecule has 0 aliphatic heterocycles. The molecule has 7 nitrogen and oxygen atoms in total. The molecule has 0 saturated carbocycles. The minimum Gasteiger partial charge on any atom is -0.472 e. The fourth-order valence-corrected chi connectivity index (χ4v) is 1.87. The highest BCUT2D eigenvalue weighted by atomic mass is 16.5. The molecule has 0 fully saturated rings. The van der Waals surface area contributed by atoms with Crippen molar-refractivity contribution in [2.24, 2.45) is 0 Å². The summed E-state index contributed by atoms with van der Waals surface area (Å²) in [5.41, 5.74) is 3.59. The molecule has 0 aliphatic carbocycles. The maximum atomic E-state index is 5.62. The van der Waals surface area contributed by atoms with Crippen LogP contribution in [0.15, 0.2) is 24.3 Å². The zero-order valence-electron chi connectivity index (χ0n) is 10.6. The second kappa shape index (κ2) is 4.60. The van der Waals surface area contributed by atoms with Crippen LogP contribution >= 0.6 is 0 Å². The van der Waals surface area contributed by atoms with Crippen LogP contribution in [0, 0.1) is 13.8 Å². The predicted molar refractivity (Wildman–Crippen MR) is 66.6 cm³/mol. The van der Waals surface area contributed by atoms with E-state index in [-0.39, 0.29) is 0 Å². The summed E-state index contributed by atoms with van der Waals surface area (Å²) in [5.74, 6) is 0.479. The van der Waals surface area contributed by atoms with Gasteiger partial charge in [0, 0.05) is 17.5 Å². The van der Waals surface area contributed by atoms with Crippen LogP contribution < -0.4 is 4.74 Å². The van der Waals surface area contributed by atoms with Gasteiger partial charge in [-0.2, -0.15) is 0 Å². The minimum absolute atomic E-state index is 0.435. The number of aromatic nitrogens is 6. The van der Waals surface area contributed by atoms with Crippen LogP contribution in [0.1, 0.15) is 17.0 Å². The molecule has 0 amide bonds. The molecule has 0 N–H and O–H groups in total. The normalized spacial score (nSPS) is 10.8. The van der Waals surface area contributed by atoms with Gasteiger partial charge in [-0.3, -0.25) is 4.98 Å². The minimum atomic E-state index is 0.435. The van der Waals surface area contributed by atoms with Gasteiger partial charge in [0.2, 0.25) is 5.88 Å². The van der Waals surface area contributed by atoms with E-state index in [1.54, 1.807) is 12.1 Å². The molecule has 19 heavy (non-hydrogen) atoms. The Labute approximate surface area is 109 Å². The van der Waals surface area contributed by atoms with E-state index in [1.165, 1.54) is 4.63 Å². The number of pyridine rings is 1. The predicted octanol–water partition coefficient (Wildman–Crippen LogP) is 1.11. The zero-order valence-corrected chi connectivity index (χ0v) is 10.6. The lowest BCUT2D eigenvalue weighted by molar-refractivity contribution is 0.287. The van der Waals surface area contributed by atoms with E-state index in [9.17, 15) is 0 Å². The quantitative estimate of drug-likeness (QED) is 0.698. The van der Waals surface area contributed by atoms with Gasteiger partial charge >= 0.3 is 0 Å². The lowest BCUT2D eigenvalue weighted by Gasteiger charge is -2.06. The van der Waals surface area contributed by atoms with Gasteiger partial charge in [-0.05, 0) is 48.0 Å². The van der Waals surface area contributed by atoms with Crippen molar-refractivity contribution in [1.29, 1.82) is 0 Å². The van der Waals surface area contributed by atoms with Gasteiger partial charge in [-0.15, -0.1) is 14.8 Å². The summed E-state index contributed by atoms with van der Waals surface area (Å²) in [7, 11) is 0. The molecular formula is C12H12N6O. The second-order valence-corrected chi connectivity index (χ2v) is 4.24. The summed E-state index contributed by atoms with van der Waals surface area (Å²) in [4.78, 5) is 4.32. The Balaban J connectivity index is 1.77. The molecule has 3 aromatic rings. The van der Waals surface area contributed by atoms with E-state index < -0.39 is 0 Å². The summed E-state index contributed by atoms with van der Waals surface area (Å²) in [6.07, 6.45) is 0. The van der Waals surface area contributed by atoms with Gasteiger partial charge in [-0.1, -0.05) is 0 Å². The Morgan fingerprint density at radius 2 is 1.95 bits per heavy atom. The topological polar surface area (TPSA) is 78.1 Å². The largest absolute Gasteiger partial charge is 0.472 e. The smallest absolute Gasteiger partial charge is 0.233 e. The summed E-state index contributed by atoms with van der Waals surface area (Å²) in [6, 6.07) is 7.48. The van der Waals surface area contributed by atoms with Gasteiger partial charge in [0.15, 0.2) is 5.65 Å². The first kappa shape index (κ1) is 11.5. The fourth-order valence-electron chi connectivity index (χ4n) is 1.87. The van der Waals surface area contributed by atoms with Crippen molar-refractivity contribution >= 4 is 5.65 Å². The Kier molecular flexibility index (Phi) is 2.79. The van der Waals surface area contributed by atoms with Gasteiger partial charge in [0.1, 0.15) is 6.61 Å². The molecule has 0 unspecified atom stereocenters. The second-order valence-electron chi connectivity index (χ2n) is 4.24. The molecule has 7 heteroatoms. The maximum absolute atomic E-state index is 5.62. The van der Waals surface area contributed by atoms with Gasteiger partial charge in [0.05, 0.1) is 0 Å². The molecule has 0 saturated heterocycles. The summed E-state index contributed by atoms with van der Waals surface area (Å²) in [6.45, 7) is 4.36. The van der Waals surface area contributed by atoms with Crippen LogP contribution in [0.2, 0.25) is 0 Å². The first-order chi connectivity index (χ1) is 9.20. The number of aryl methyl sites for hydroxylation is 2. The van der Waals surface area contributed by atoms with E-state index in [0.717, 1.165) is 17.0 Å². The zero-order chi connectivity index (χ0) is 13.2. The molecule has 0 bridgehead atoms. The lowest BCUT2D eigenvalue weighted by Crippen LogP contribution is -2.02. The van der Waals surface area contributed by atoms with Crippen molar-refractivity contribution in [3.05, 3.63) is 41.2 Å². The first-order valence-corrected chi connectivity index (χ1v) is 5.83. The molecule has 0 aromatic carbocycles. The molecule has 0 radical (unpaired) electrons. The average molecular weight is 256 g/mol. The molecule has 0 spiro atoms. The molecular weight excluding hydrogens is 244 g/mol. The molecule has 3 aromatic heterocycles. The van der Waals surface area contributed by atoms with Crippen molar-refractivity contribution in [3.8, 4) is 5.88 Å². The van der Waals surface area contributed by atoms with Crippen molar-refractivity contribution in [3.63, 3.8) is 0 Å². The number of hydrogen-bond acceptors (Lipinski definition) is 6. The van der Waals surface area contributed by atoms with Crippen LogP contribution in [0.25, 0.3) is 5.65 Å². The third kappa shape index (κ3) is 2.49. The van der Waals surface area contributed by atoms with E-state index in [1.807, 2.05) is 26.0 Å². The molecule has 3 rings (SSSR count). The highest BCUT2D eigenvalue weighted by Crippen LogP contribution is 2.11. The van der Waals surface area contributed by atoms with Gasteiger partial charge in [0.25, 0.3) is 0 Å². The third-order valence-corrected chi connectivity index (χ3v) is 2.57. The van der Waals surface area contributed by atoms with Crippen LogP contribution in [0.3, 0.4) is 0 Å². The third-order valence-electron chi connectivity index (χ3n) is 2.57. The van der Waals surface area contributed by atoms with Crippen LogP contribution in [0.4, 0.5) is 0 Å². The van der Waals surface area contributed by atoms with Crippen molar-refractivity contribution < 1.29 is 4.74 Å². The van der Waals surface area contributed by atoms with Crippen LogP contribution in [0.5, 0.6) is 5.88 Å². The lowest BCUT2D eigenvalue weighted by atomic mass is 10.2. The van der Waals surface area contributed by atoms with E-state index >= 15 is 0 Å². The van der Waals surface area contributed by atoms with Gasteiger partial charge < -0.3 is 4.74 Å². The SMILES string of the molecule is Cc1cc(COc2ccc3nnnn3n2)cc(C)n1. The number of ether oxygens (including phenoxy) is 1. The van der Waals surface area contributed by atoms with E-state index in [4.69, 9.17) is 4.74 Å². The molecule has 3 heterocycles. The highest BCUT2D eigenvalue weighted by molar-refractivity contribution is 5.34. The Bertz CT molecular complexity index is 703. The van der Waals surface area contributed by atoms with E-state index in [2.05, 4.69) is 25.6 Å². The van der Waals surface area contributed by atoms with Crippen molar-refractivity contribution in [1.82, 2.24) is 30.2 Å². The number of tetrazole rings is 1. The van der Waals surface area contributed by atoms with Gasteiger partial charge in [-0.25, -0.2) is 0 Å². The number of hydrogen-bond donors (Lipinski definition) is 0. The number of nitrogens with zero attached hydrogens (tertiary/aromatic N) is 6. The van der Waals surface area contributed by atoms with E-state index in [0.29, 0.717) is 18.1 Å². The average Bonchev–Trinajstić information content (AvgIpc) is 2.82. The molecule has 96 valence electrons. The summed E-state index contributed by atoms with van der Waals surface area (Å²) < 4.78 is 6.96. The van der Waals surface area contributed by atoms with Crippen LogP contribution in [-0.4, -0.2) is 30.2 Å². The molecule has 0 atom stereocenters. The summed E-state index contributed by atoms with van der Waals surface area (Å²) in [5, 5.41) is 15.2. The first-order valence-electron chi connectivity index (χ1n) is 5.83. The maximum Gasteiger partial charge on any atom is 0.233 e. The van der Waals surface area contributed by atoms with Crippen molar-refractivity contribution in [2.75, 3.05) is 0 Å². The Morgan fingerprint density at radius 3 is 2.74 bits per heavy atom. The highest BCUT2D eigenvalue weighted by Gasteiger charge is 2.03. The Morgan fingerprint density at radius 1 is 1.16 bits per heavy atom. The number of rotatable bonds is 3. The Hall–Kier alpha value is -2.57. The number of fused-ring (bicyclic) bond motifs is 1. The fraction of sp³-hybridized carbons (Fsp3) is 0.250. The van der Waals surface area contributed by atoms with Crippen molar-refractivity contribution in [2.45, 2.75) is 20.5 Å². The molecule has 0 aliphatic rings. The van der Waals surface area contributed by atoms with Crippen LogP contribution in [-0.2, 0) is 6.61 Å². The summed E-state index contributed by atoms with van der Waals surface area (Å²) >= 11 is 0. The standard InChI is InChI=1S/C12H12N6O/c1-8-5-10(6-9(2)13-8)7-19-12-4-3-11-14-16-17-18(11)15-12/h3-6H,7H2,1-2H3. The monoisotopic (exact) mass is 256 g/mol.